The molecule has 2 heterocycles. The van der Waals surface area contributed by atoms with Gasteiger partial charge in [-0.2, -0.15) is 17.0 Å². The van der Waals surface area contributed by atoms with Crippen molar-refractivity contribution in [2.75, 3.05) is 33.9 Å². The third-order valence-corrected chi connectivity index (χ3v) is 7.09. The van der Waals surface area contributed by atoms with Gasteiger partial charge >= 0.3 is 0 Å². The summed E-state index contributed by atoms with van der Waals surface area (Å²) < 4.78 is 40.2. The van der Waals surface area contributed by atoms with Crippen LogP contribution in [0.15, 0.2) is 12.1 Å². The lowest BCUT2D eigenvalue weighted by atomic mass is 9.94. The summed E-state index contributed by atoms with van der Waals surface area (Å²) in [6.07, 6.45) is 1.78. The predicted molar refractivity (Wildman–Crippen MR) is 97.1 cm³/mol. The van der Waals surface area contributed by atoms with E-state index in [1.165, 1.54) is 0 Å². The molecule has 2 atom stereocenters. The van der Waals surface area contributed by atoms with E-state index in [0.717, 1.165) is 17.5 Å². The second-order valence-corrected chi connectivity index (χ2v) is 9.26. The molecule has 7 heteroatoms. The van der Waals surface area contributed by atoms with Crippen LogP contribution in [0.25, 0.3) is 0 Å². The Morgan fingerprint density at radius 3 is 2.08 bits per heavy atom. The molecule has 0 aromatic heterocycles. The molecule has 6 nitrogen and oxygen atoms in total. The van der Waals surface area contributed by atoms with Crippen molar-refractivity contribution in [3.63, 3.8) is 0 Å². The highest BCUT2D eigenvalue weighted by Gasteiger charge is 2.36. The Kier molecular flexibility index (Phi) is 5.27. The summed E-state index contributed by atoms with van der Waals surface area (Å²) in [7, 11) is -0.225. The zero-order chi connectivity index (χ0) is 18.2. The molecule has 0 amide bonds. The van der Waals surface area contributed by atoms with Crippen LogP contribution >= 0.6 is 0 Å². The quantitative estimate of drug-likeness (QED) is 0.818. The standard InChI is InChI=1S/C18H28N2O4S/c1-13-7-14(2)11-20(10-13)25(21,22)19-6-5-15-8-17(23-3)18(24-4)9-16(15)12-19/h8-9,13-14H,5-7,10-12H2,1-4H3/t13-,14-/m0/s1. The average molecular weight is 368 g/mol. The van der Waals surface area contributed by atoms with E-state index in [1.807, 2.05) is 12.1 Å². The van der Waals surface area contributed by atoms with Crippen LogP contribution < -0.4 is 9.47 Å². The third-order valence-electron chi connectivity index (χ3n) is 5.17. The van der Waals surface area contributed by atoms with E-state index >= 15 is 0 Å². The van der Waals surface area contributed by atoms with Gasteiger partial charge in [-0.25, -0.2) is 0 Å². The average Bonchev–Trinajstić information content (AvgIpc) is 2.59. The smallest absolute Gasteiger partial charge is 0.282 e. The Morgan fingerprint density at radius 1 is 0.960 bits per heavy atom. The van der Waals surface area contributed by atoms with Gasteiger partial charge in [-0.3, -0.25) is 0 Å². The van der Waals surface area contributed by atoms with E-state index in [-0.39, 0.29) is 0 Å². The lowest BCUT2D eigenvalue weighted by molar-refractivity contribution is 0.206. The molecule has 0 N–H and O–H groups in total. The molecule has 25 heavy (non-hydrogen) atoms. The molecule has 1 aromatic rings. The maximum Gasteiger partial charge on any atom is 0.282 e. The van der Waals surface area contributed by atoms with Gasteiger partial charge in [0.25, 0.3) is 10.2 Å². The fraction of sp³-hybridized carbons (Fsp3) is 0.667. The maximum atomic E-state index is 13.1. The summed E-state index contributed by atoms with van der Waals surface area (Å²) in [5, 5.41) is 0. The fourth-order valence-electron chi connectivity index (χ4n) is 4.01. The molecule has 0 radical (unpaired) electrons. The van der Waals surface area contributed by atoms with E-state index in [1.54, 1.807) is 22.8 Å². The number of nitrogens with zero attached hydrogens (tertiary/aromatic N) is 2. The molecule has 1 fully saturated rings. The van der Waals surface area contributed by atoms with E-state index in [9.17, 15) is 8.42 Å². The van der Waals surface area contributed by atoms with Crippen molar-refractivity contribution < 1.29 is 17.9 Å². The highest BCUT2D eigenvalue weighted by Crippen LogP contribution is 2.34. The van der Waals surface area contributed by atoms with Gasteiger partial charge in [0.2, 0.25) is 0 Å². The minimum atomic E-state index is -3.43. The second kappa shape index (κ2) is 7.13. The zero-order valence-corrected chi connectivity index (χ0v) is 16.3. The lowest BCUT2D eigenvalue weighted by Gasteiger charge is -2.38. The molecule has 0 bridgehead atoms. The summed E-state index contributed by atoms with van der Waals surface area (Å²) in [6, 6.07) is 3.86. The lowest BCUT2D eigenvalue weighted by Crippen LogP contribution is -2.50. The van der Waals surface area contributed by atoms with Crippen LogP contribution in [0.2, 0.25) is 0 Å². The van der Waals surface area contributed by atoms with Crippen molar-refractivity contribution >= 4 is 10.2 Å². The van der Waals surface area contributed by atoms with E-state index in [0.29, 0.717) is 55.9 Å². The summed E-state index contributed by atoms with van der Waals surface area (Å²) in [5.41, 5.74) is 2.12. The Morgan fingerprint density at radius 2 is 1.52 bits per heavy atom. The highest BCUT2D eigenvalue weighted by atomic mass is 32.2. The summed E-state index contributed by atoms with van der Waals surface area (Å²) >= 11 is 0. The third kappa shape index (κ3) is 3.64. The first-order valence-corrected chi connectivity index (χ1v) is 10.2. The topological polar surface area (TPSA) is 59.1 Å². The molecular formula is C18H28N2O4S. The molecule has 2 aliphatic rings. The van der Waals surface area contributed by atoms with E-state index < -0.39 is 10.2 Å². The number of methoxy groups -OCH3 is 2. The first-order valence-electron chi connectivity index (χ1n) is 8.84. The molecule has 1 saturated heterocycles. The van der Waals surface area contributed by atoms with E-state index in [4.69, 9.17) is 9.47 Å². The van der Waals surface area contributed by atoms with Gasteiger partial charge in [0.15, 0.2) is 11.5 Å². The predicted octanol–water partition coefficient (Wildman–Crippen LogP) is 2.28. The first-order chi connectivity index (χ1) is 11.8. The van der Waals surface area contributed by atoms with Gasteiger partial charge in [-0.15, -0.1) is 0 Å². The number of ether oxygens (including phenoxy) is 2. The fourth-order valence-corrected chi connectivity index (χ4v) is 5.85. The number of hydrogen-bond donors (Lipinski definition) is 0. The van der Waals surface area contributed by atoms with Crippen molar-refractivity contribution in [2.24, 2.45) is 11.8 Å². The number of rotatable bonds is 4. The van der Waals surface area contributed by atoms with Crippen molar-refractivity contribution in [2.45, 2.75) is 33.2 Å². The van der Waals surface area contributed by atoms with Crippen LogP contribution in [0.3, 0.4) is 0 Å². The molecule has 140 valence electrons. The minimum Gasteiger partial charge on any atom is -0.493 e. The highest BCUT2D eigenvalue weighted by molar-refractivity contribution is 7.86. The van der Waals surface area contributed by atoms with Crippen LogP contribution in [-0.4, -0.2) is 50.9 Å². The van der Waals surface area contributed by atoms with Gasteiger partial charge in [0, 0.05) is 26.2 Å². The van der Waals surface area contributed by atoms with Crippen molar-refractivity contribution in [1.82, 2.24) is 8.61 Å². The monoisotopic (exact) mass is 368 g/mol. The number of benzene rings is 1. The molecule has 3 rings (SSSR count). The second-order valence-electron chi connectivity index (χ2n) is 7.33. The largest absolute Gasteiger partial charge is 0.493 e. The van der Waals surface area contributed by atoms with Crippen molar-refractivity contribution in [1.29, 1.82) is 0 Å². The molecule has 0 spiro atoms. The number of piperidine rings is 1. The molecule has 1 aromatic carbocycles. The van der Waals surface area contributed by atoms with Gasteiger partial charge in [-0.1, -0.05) is 13.8 Å². The summed E-state index contributed by atoms with van der Waals surface area (Å²) in [5.74, 6) is 2.14. The van der Waals surface area contributed by atoms with Crippen molar-refractivity contribution in [3.8, 4) is 11.5 Å². The molecular weight excluding hydrogens is 340 g/mol. The van der Waals surface area contributed by atoms with Crippen LogP contribution in [0.4, 0.5) is 0 Å². The Hall–Kier alpha value is -1.31. The van der Waals surface area contributed by atoms with Crippen LogP contribution in [0, 0.1) is 11.8 Å². The first kappa shape index (κ1) is 18.5. The Labute approximate surface area is 150 Å². The SMILES string of the molecule is COc1cc2c(cc1OC)CN(S(=O)(=O)N1C[C@@H](C)C[C@H](C)C1)CC2. The summed E-state index contributed by atoms with van der Waals surface area (Å²) in [6.45, 7) is 6.37. The maximum absolute atomic E-state index is 13.1. The number of fused-ring (bicyclic) bond motifs is 1. The van der Waals surface area contributed by atoms with Crippen molar-refractivity contribution in [3.05, 3.63) is 23.3 Å². The van der Waals surface area contributed by atoms with Gasteiger partial charge in [0.1, 0.15) is 0 Å². The zero-order valence-electron chi connectivity index (χ0n) is 15.5. The van der Waals surface area contributed by atoms with E-state index in [2.05, 4.69) is 13.8 Å². The van der Waals surface area contributed by atoms with Gasteiger partial charge in [-0.05, 0) is 47.9 Å². The molecule has 0 saturated carbocycles. The van der Waals surface area contributed by atoms with Crippen LogP contribution in [-0.2, 0) is 23.2 Å². The molecule has 2 aliphatic heterocycles. The van der Waals surface area contributed by atoms with Crippen LogP contribution in [0.5, 0.6) is 11.5 Å². The number of hydrogen-bond acceptors (Lipinski definition) is 4. The van der Waals surface area contributed by atoms with Crippen LogP contribution in [0.1, 0.15) is 31.4 Å². The molecule has 0 unspecified atom stereocenters. The van der Waals surface area contributed by atoms with Gasteiger partial charge in [0.05, 0.1) is 14.2 Å². The summed E-state index contributed by atoms with van der Waals surface area (Å²) in [4.78, 5) is 0. The van der Waals surface area contributed by atoms with Gasteiger partial charge < -0.3 is 9.47 Å². The molecule has 0 aliphatic carbocycles. The normalized spacial score (nSPS) is 25.4. The Balaban J connectivity index is 1.84. The minimum absolute atomic E-state index is 0.386. The Bertz CT molecular complexity index is 725.